The van der Waals surface area contributed by atoms with Crippen molar-refractivity contribution >= 4 is 17.5 Å². The largest absolute Gasteiger partial charge is 0.494 e. The molecule has 2 aromatic rings. The Morgan fingerprint density at radius 3 is 1.76 bits per heavy atom. The molecule has 0 aliphatic carbocycles. The minimum atomic E-state index is -0.00215. The summed E-state index contributed by atoms with van der Waals surface area (Å²) < 4.78 is 5.44. The van der Waals surface area contributed by atoms with Crippen molar-refractivity contribution in [2.24, 2.45) is 0 Å². The van der Waals surface area contributed by atoms with Gasteiger partial charge in [-0.2, -0.15) is 0 Å². The first-order valence-electron chi connectivity index (χ1n) is 10.1. The molecule has 0 radical (unpaired) electrons. The number of anilines is 1. The Labute approximate surface area is 172 Å². The molecule has 6 heteroatoms. The molecule has 6 nitrogen and oxygen atoms in total. The molecule has 2 amide bonds. The topological polar surface area (TPSA) is 53.1 Å². The number of hydrogen-bond acceptors (Lipinski definition) is 4. The zero-order valence-electron chi connectivity index (χ0n) is 17.4. The molecule has 1 aliphatic rings. The van der Waals surface area contributed by atoms with E-state index in [0.717, 1.165) is 17.9 Å². The number of nitrogens with zero attached hydrogens (tertiary/aromatic N) is 3. The van der Waals surface area contributed by atoms with E-state index in [4.69, 9.17) is 4.74 Å². The Balaban J connectivity index is 1.62. The molecule has 0 aromatic heterocycles. The summed E-state index contributed by atoms with van der Waals surface area (Å²) in [5.41, 5.74) is 2.39. The first-order valence-corrected chi connectivity index (χ1v) is 10.1. The van der Waals surface area contributed by atoms with E-state index in [1.807, 2.05) is 72.1 Å². The van der Waals surface area contributed by atoms with Gasteiger partial charge in [-0.3, -0.25) is 9.59 Å². The summed E-state index contributed by atoms with van der Waals surface area (Å²) in [5.74, 6) is 0.778. The number of benzene rings is 2. The number of carbonyl (C=O) groups is 2. The first kappa shape index (κ1) is 20.7. The highest BCUT2D eigenvalue weighted by Crippen LogP contribution is 2.17. The first-order chi connectivity index (χ1) is 14.0. The summed E-state index contributed by atoms with van der Waals surface area (Å²) in [5, 5.41) is 0. The van der Waals surface area contributed by atoms with Gasteiger partial charge in [0, 0.05) is 57.1 Å². The highest BCUT2D eigenvalue weighted by molar-refractivity contribution is 5.95. The molecule has 1 aliphatic heterocycles. The van der Waals surface area contributed by atoms with Crippen LogP contribution in [0.4, 0.5) is 5.69 Å². The van der Waals surface area contributed by atoms with Gasteiger partial charge in [0.15, 0.2) is 0 Å². The van der Waals surface area contributed by atoms with Crippen LogP contribution >= 0.6 is 0 Å². The fraction of sp³-hybridized carbons (Fsp3) is 0.391. The molecule has 0 spiro atoms. The quantitative estimate of drug-likeness (QED) is 0.781. The third-order valence-electron chi connectivity index (χ3n) is 5.11. The smallest absolute Gasteiger partial charge is 0.253 e. The van der Waals surface area contributed by atoms with Crippen molar-refractivity contribution in [2.75, 3.05) is 51.8 Å². The number of amides is 2. The van der Waals surface area contributed by atoms with Crippen LogP contribution in [0.2, 0.25) is 0 Å². The van der Waals surface area contributed by atoms with E-state index in [1.165, 1.54) is 0 Å². The van der Waals surface area contributed by atoms with Crippen molar-refractivity contribution < 1.29 is 14.3 Å². The Morgan fingerprint density at radius 1 is 0.828 bits per heavy atom. The summed E-state index contributed by atoms with van der Waals surface area (Å²) in [4.78, 5) is 31.4. The molecule has 154 valence electrons. The molecule has 0 atom stereocenters. The van der Waals surface area contributed by atoms with E-state index in [1.54, 1.807) is 12.1 Å². The van der Waals surface area contributed by atoms with Gasteiger partial charge in [-0.05, 0) is 61.9 Å². The predicted octanol–water partition coefficient (Wildman–Crippen LogP) is 3.14. The van der Waals surface area contributed by atoms with Gasteiger partial charge in [0.25, 0.3) is 11.8 Å². The third-order valence-corrected chi connectivity index (χ3v) is 5.11. The molecular formula is C23H29N3O3. The van der Waals surface area contributed by atoms with E-state index in [9.17, 15) is 9.59 Å². The number of carbonyl (C=O) groups excluding carboxylic acids is 2. The van der Waals surface area contributed by atoms with Crippen molar-refractivity contribution in [1.29, 1.82) is 0 Å². The molecule has 2 aromatic carbocycles. The van der Waals surface area contributed by atoms with Crippen molar-refractivity contribution in [2.45, 2.75) is 13.3 Å². The summed E-state index contributed by atoms with van der Waals surface area (Å²) in [6.45, 7) is 4.91. The molecule has 1 saturated heterocycles. The molecule has 29 heavy (non-hydrogen) atoms. The zero-order chi connectivity index (χ0) is 20.8. The minimum Gasteiger partial charge on any atom is -0.494 e. The van der Waals surface area contributed by atoms with Gasteiger partial charge < -0.3 is 19.4 Å². The lowest BCUT2D eigenvalue weighted by atomic mass is 10.1. The van der Waals surface area contributed by atoms with Crippen molar-refractivity contribution in [3.05, 3.63) is 59.7 Å². The van der Waals surface area contributed by atoms with Gasteiger partial charge in [-0.1, -0.05) is 0 Å². The average Bonchev–Trinajstić information content (AvgIpc) is 3.00. The molecular weight excluding hydrogens is 366 g/mol. The van der Waals surface area contributed by atoms with E-state index in [-0.39, 0.29) is 11.8 Å². The lowest BCUT2D eigenvalue weighted by molar-refractivity contribution is 0.0718. The molecule has 3 rings (SSSR count). The lowest BCUT2D eigenvalue weighted by Crippen LogP contribution is -2.37. The van der Waals surface area contributed by atoms with Crippen molar-refractivity contribution in [3.63, 3.8) is 0 Å². The van der Waals surface area contributed by atoms with Gasteiger partial charge in [-0.15, -0.1) is 0 Å². The van der Waals surface area contributed by atoms with Crippen LogP contribution in [0.5, 0.6) is 5.75 Å². The van der Waals surface area contributed by atoms with E-state index in [0.29, 0.717) is 43.9 Å². The van der Waals surface area contributed by atoms with Crippen LogP contribution in [0, 0.1) is 0 Å². The Kier molecular flexibility index (Phi) is 6.75. The lowest BCUT2D eigenvalue weighted by Gasteiger charge is -2.22. The van der Waals surface area contributed by atoms with E-state index in [2.05, 4.69) is 0 Å². The zero-order valence-corrected chi connectivity index (χ0v) is 17.4. The highest BCUT2D eigenvalue weighted by Gasteiger charge is 2.23. The monoisotopic (exact) mass is 395 g/mol. The van der Waals surface area contributed by atoms with Crippen LogP contribution in [-0.4, -0.2) is 68.5 Å². The summed E-state index contributed by atoms with van der Waals surface area (Å²) in [7, 11) is 3.95. The molecule has 0 bridgehead atoms. The fourth-order valence-electron chi connectivity index (χ4n) is 3.45. The van der Waals surface area contributed by atoms with Crippen molar-refractivity contribution in [3.8, 4) is 5.75 Å². The molecule has 0 unspecified atom stereocenters. The fourth-order valence-corrected chi connectivity index (χ4v) is 3.45. The normalized spacial score (nSPS) is 14.3. The second-order valence-corrected chi connectivity index (χ2v) is 7.34. The number of hydrogen-bond donors (Lipinski definition) is 0. The van der Waals surface area contributed by atoms with Crippen molar-refractivity contribution in [1.82, 2.24) is 9.80 Å². The van der Waals surface area contributed by atoms with Crippen LogP contribution < -0.4 is 9.64 Å². The second-order valence-electron chi connectivity index (χ2n) is 7.34. The Hall–Kier alpha value is -3.02. The van der Waals surface area contributed by atoms with Crippen LogP contribution in [0.3, 0.4) is 0 Å². The third kappa shape index (κ3) is 5.08. The molecule has 0 saturated carbocycles. The SMILES string of the molecule is CCOc1ccc(C(=O)N2CCCN(C(=O)c3ccc(N(C)C)cc3)CC2)cc1. The maximum absolute atomic E-state index is 12.9. The molecule has 1 fully saturated rings. The minimum absolute atomic E-state index is 0.00215. The number of rotatable bonds is 5. The second kappa shape index (κ2) is 9.45. The number of ether oxygens (including phenoxy) is 1. The maximum atomic E-state index is 12.9. The summed E-state index contributed by atoms with van der Waals surface area (Å²) in [6.07, 6.45) is 0.768. The summed E-state index contributed by atoms with van der Waals surface area (Å²) >= 11 is 0. The Morgan fingerprint density at radius 2 is 1.31 bits per heavy atom. The van der Waals surface area contributed by atoms with Crippen LogP contribution in [-0.2, 0) is 0 Å². The van der Waals surface area contributed by atoms with Gasteiger partial charge in [0.05, 0.1) is 6.61 Å². The van der Waals surface area contributed by atoms with Crippen LogP contribution in [0.25, 0.3) is 0 Å². The van der Waals surface area contributed by atoms with E-state index < -0.39 is 0 Å². The van der Waals surface area contributed by atoms with Gasteiger partial charge >= 0.3 is 0 Å². The predicted molar refractivity (Wildman–Crippen MR) is 115 cm³/mol. The Bertz CT molecular complexity index is 831. The van der Waals surface area contributed by atoms with Gasteiger partial charge in [0.2, 0.25) is 0 Å². The van der Waals surface area contributed by atoms with Crippen LogP contribution in [0.1, 0.15) is 34.1 Å². The van der Waals surface area contributed by atoms with Gasteiger partial charge in [-0.25, -0.2) is 0 Å². The van der Waals surface area contributed by atoms with Gasteiger partial charge in [0.1, 0.15) is 5.75 Å². The maximum Gasteiger partial charge on any atom is 0.253 e. The molecule has 0 N–H and O–H groups in total. The standard InChI is InChI=1S/C23H29N3O3/c1-4-29-21-12-8-19(9-13-21)23(28)26-15-5-14-25(16-17-26)22(27)18-6-10-20(11-7-18)24(2)3/h6-13H,4-5,14-17H2,1-3H3. The van der Waals surface area contributed by atoms with E-state index >= 15 is 0 Å². The highest BCUT2D eigenvalue weighted by atomic mass is 16.5. The summed E-state index contributed by atoms with van der Waals surface area (Å²) in [6, 6.07) is 14.9. The average molecular weight is 396 g/mol. The molecule has 1 heterocycles. The van der Waals surface area contributed by atoms with Crippen LogP contribution in [0.15, 0.2) is 48.5 Å².